The van der Waals surface area contributed by atoms with Crippen LogP contribution in [-0.4, -0.2) is 61.8 Å². The van der Waals surface area contributed by atoms with Crippen LogP contribution in [0.5, 0.6) is 0 Å². The van der Waals surface area contributed by atoms with Crippen LogP contribution in [0.15, 0.2) is 30.3 Å². The molecule has 1 aromatic rings. The Morgan fingerprint density at radius 1 is 1.13 bits per heavy atom. The lowest BCUT2D eigenvalue weighted by Crippen LogP contribution is -2.50. The first-order chi connectivity index (χ1) is 11.1. The summed E-state index contributed by atoms with van der Waals surface area (Å²) in [6.07, 6.45) is 2.15. The molecule has 0 unspecified atom stereocenters. The first kappa shape index (κ1) is 15.6. The predicted octanol–water partition coefficient (Wildman–Crippen LogP) is 1.31. The van der Waals surface area contributed by atoms with Crippen molar-refractivity contribution < 1.29 is 13.2 Å². The van der Waals surface area contributed by atoms with Crippen LogP contribution in [0.1, 0.15) is 18.4 Å². The first-order valence-electron chi connectivity index (χ1n) is 8.49. The Morgan fingerprint density at radius 2 is 1.91 bits per heavy atom. The van der Waals surface area contributed by atoms with E-state index in [1.807, 2.05) is 18.2 Å². The van der Waals surface area contributed by atoms with Crippen molar-refractivity contribution in [3.05, 3.63) is 35.9 Å². The molecule has 0 amide bonds. The third-order valence-electron chi connectivity index (χ3n) is 5.15. The summed E-state index contributed by atoms with van der Waals surface area (Å²) in [6, 6.07) is 10.6. The number of rotatable bonds is 5. The Kier molecular flexibility index (Phi) is 4.17. The standard InChI is InChI=1S/C17H24N2O3S/c20-23(21,13-15-6-7-15)19-11-16-17(12-19)22-9-8-18(16)10-14-4-2-1-3-5-14/h1-5,15-17H,6-13H2/t16-,17+/m1/s1. The molecule has 6 heteroatoms. The van der Waals surface area contributed by atoms with Crippen molar-refractivity contribution in [2.75, 3.05) is 32.0 Å². The molecule has 4 rings (SSSR count). The SMILES string of the molecule is O=S(=O)(CC1CC1)N1C[C@@H]2OCCN(Cc3ccccc3)[C@@H]2C1. The largest absolute Gasteiger partial charge is 0.374 e. The number of hydrogen-bond acceptors (Lipinski definition) is 4. The summed E-state index contributed by atoms with van der Waals surface area (Å²) in [5.74, 6) is 0.717. The zero-order valence-corrected chi connectivity index (χ0v) is 14.1. The van der Waals surface area contributed by atoms with Crippen LogP contribution < -0.4 is 0 Å². The number of nitrogens with zero attached hydrogens (tertiary/aromatic N) is 2. The second kappa shape index (κ2) is 6.16. The van der Waals surface area contributed by atoms with Crippen molar-refractivity contribution >= 4 is 10.0 Å². The number of sulfonamides is 1. The molecular weight excluding hydrogens is 312 g/mol. The summed E-state index contributed by atoms with van der Waals surface area (Å²) >= 11 is 0. The van der Waals surface area contributed by atoms with Gasteiger partial charge >= 0.3 is 0 Å². The van der Waals surface area contributed by atoms with Crippen molar-refractivity contribution in [1.82, 2.24) is 9.21 Å². The molecule has 1 aromatic carbocycles. The molecule has 0 spiro atoms. The number of fused-ring (bicyclic) bond motifs is 1. The van der Waals surface area contributed by atoms with Crippen LogP contribution in [0.3, 0.4) is 0 Å². The van der Waals surface area contributed by atoms with Crippen molar-refractivity contribution in [1.29, 1.82) is 0 Å². The quantitative estimate of drug-likeness (QED) is 0.814. The van der Waals surface area contributed by atoms with E-state index in [1.165, 1.54) is 5.56 Å². The van der Waals surface area contributed by atoms with Gasteiger partial charge in [-0.1, -0.05) is 30.3 Å². The summed E-state index contributed by atoms with van der Waals surface area (Å²) in [7, 11) is -3.12. The maximum absolute atomic E-state index is 12.5. The van der Waals surface area contributed by atoms with Gasteiger partial charge in [0.2, 0.25) is 10.0 Å². The molecule has 2 aliphatic heterocycles. The summed E-state index contributed by atoms with van der Waals surface area (Å²) < 4.78 is 32.6. The van der Waals surface area contributed by atoms with Gasteiger partial charge in [0.15, 0.2) is 0 Å². The van der Waals surface area contributed by atoms with Gasteiger partial charge in [0.25, 0.3) is 0 Å². The van der Waals surface area contributed by atoms with Crippen LogP contribution >= 0.6 is 0 Å². The van der Waals surface area contributed by atoms with Crippen molar-refractivity contribution in [3.8, 4) is 0 Å². The van der Waals surface area contributed by atoms with Gasteiger partial charge in [-0.25, -0.2) is 8.42 Å². The molecule has 2 heterocycles. The molecule has 0 bridgehead atoms. The van der Waals surface area contributed by atoms with Crippen LogP contribution in [0.2, 0.25) is 0 Å². The minimum Gasteiger partial charge on any atom is -0.374 e. The maximum Gasteiger partial charge on any atom is 0.214 e. The molecule has 1 aliphatic carbocycles. The van der Waals surface area contributed by atoms with Crippen molar-refractivity contribution in [3.63, 3.8) is 0 Å². The van der Waals surface area contributed by atoms with Gasteiger partial charge in [-0.3, -0.25) is 4.90 Å². The maximum atomic E-state index is 12.5. The molecule has 23 heavy (non-hydrogen) atoms. The molecular formula is C17H24N2O3S. The Morgan fingerprint density at radius 3 is 2.65 bits per heavy atom. The fourth-order valence-corrected chi connectivity index (χ4v) is 5.55. The molecule has 2 saturated heterocycles. The molecule has 3 aliphatic rings. The zero-order chi connectivity index (χ0) is 15.9. The van der Waals surface area contributed by atoms with Crippen LogP contribution in [0, 0.1) is 5.92 Å². The summed E-state index contributed by atoms with van der Waals surface area (Å²) in [6.45, 7) is 3.51. The minimum atomic E-state index is -3.12. The van der Waals surface area contributed by atoms with Gasteiger partial charge in [0.05, 0.1) is 24.5 Å². The van der Waals surface area contributed by atoms with Gasteiger partial charge in [0.1, 0.15) is 0 Å². The van der Waals surface area contributed by atoms with Crippen LogP contribution in [0.25, 0.3) is 0 Å². The van der Waals surface area contributed by atoms with E-state index in [4.69, 9.17) is 4.74 Å². The second-order valence-corrected chi connectivity index (χ2v) is 8.99. The van der Waals surface area contributed by atoms with E-state index >= 15 is 0 Å². The Bertz CT molecular complexity index is 645. The molecule has 126 valence electrons. The van der Waals surface area contributed by atoms with Crippen LogP contribution in [-0.2, 0) is 21.3 Å². The van der Waals surface area contributed by atoms with E-state index in [2.05, 4.69) is 17.0 Å². The summed E-state index contributed by atoms with van der Waals surface area (Å²) in [4.78, 5) is 2.39. The van der Waals surface area contributed by atoms with Gasteiger partial charge in [0, 0.05) is 26.2 Å². The fraction of sp³-hybridized carbons (Fsp3) is 0.647. The van der Waals surface area contributed by atoms with E-state index in [1.54, 1.807) is 4.31 Å². The molecule has 0 aromatic heterocycles. The van der Waals surface area contributed by atoms with Gasteiger partial charge < -0.3 is 4.74 Å². The first-order valence-corrected chi connectivity index (χ1v) is 10.1. The van der Waals surface area contributed by atoms with E-state index in [0.717, 1.165) is 25.9 Å². The smallest absolute Gasteiger partial charge is 0.214 e. The predicted molar refractivity (Wildman–Crippen MR) is 88.5 cm³/mol. The van der Waals surface area contributed by atoms with Crippen molar-refractivity contribution in [2.45, 2.75) is 31.5 Å². The van der Waals surface area contributed by atoms with E-state index in [9.17, 15) is 8.42 Å². The van der Waals surface area contributed by atoms with E-state index in [-0.39, 0.29) is 12.1 Å². The summed E-state index contributed by atoms with van der Waals surface area (Å²) in [5, 5.41) is 0. The third kappa shape index (κ3) is 3.45. The highest BCUT2D eigenvalue weighted by atomic mass is 32.2. The number of benzene rings is 1. The zero-order valence-electron chi connectivity index (χ0n) is 13.3. The lowest BCUT2D eigenvalue weighted by atomic mass is 10.1. The van der Waals surface area contributed by atoms with E-state index in [0.29, 0.717) is 31.4 Å². The molecule has 2 atom stereocenters. The average molecular weight is 336 g/mol. The highest BCUT2D eigenvalue weighted by Crippen LogP contribution is 2.33. The molecule has 0 radical (unpaired) electrons. The summed E-state index contributed by atoms with van der Waals surface area (Å²) in [5.41, 5.74) is 1.27. The number of ether oxygens (including phenoxy) is 1. The monoisotopic (exact) mass is 336 g/mol. The molecule has 1 saturated carbocycles. The fourth-order valence-electron chi connectivity index (χ4n) is 3.65. The van der Waals surface area contributed by atoms with Gasteiger partial charge in [-0.2, -0.15) is 4.31 Å². The van der Waals surface area contributed by atoms with Crippen molar-refractivity contribution in [2.24, 2.45) is 5.92 Å². The van der Waals surface area contributed by atoms with Gasteiger partial charge in [-0.15, -0.1) is 0 Å². The van der Waals surface area contributed by atoms with E-state index < -0.39 is 10.0 Å². The topological polar surface area (TPSA) is 49.9 Å². The van der Waals surface area contributed by atoms with Gasteiger partial charge in [-0.05, 0) is 24.3 Å². The Hall–Kier alpha value is -0.950. The highest BCUT2D eigenvalue weighted by molar-refractivity contribution is 7.89. The lowest BCUT2D eigenvalue weighted by molar-refractivity contribution is -0.0502. The molecule has 3 fully saturated rings. The molecule has 5 nitrogen and oxygen atoms in total. The van der Waals surface area contributed by atoms with Crippen LogP contribution in [0.4, 0.5) is 0 Å². The average Bonchev–Trinajstić information content (AvgIpc) is 3.21. The molecule has 0 N–H and O–H groups in total. The normalized spacial score (nSPS) is 29.6. The Labute approximate surface area is 138 Å². The lowest BCUT2D eigenvalue weighted by Gasteiger charge is -2.36. The number of morpholine rings is 1. The highest BCUT2D eigenvalue weighted by Gasteiger charge is 2.45. The Balaban J connectivity index is 1.45. The third-order valence-corrected chi connectivity index (χ3v) is 7.13. The number of hydrogen-bond donors (Lipinski definition) is 0. The minimum absolute atomic E-state index is 0.0152. The second-order valence-electron chi connectivity index (χ2n) is 6.97.